The number of fused-ring (bicyclic) bond motifs is 1. The number of aromatic nitrogens is 2. The Morgan fingerprint density at radius 1 is 1.33 bits per heavy atom. The van der Waals surface area contributed by atoms with Crippen LogP contribution in [0.3, 0.4) is 0 Å². The van der Waals surface area contributed by atoms with Crippen molar-refractivity contribution in [3.8, 4) is 0 Å². The average Bonchev–Trinajstić information content (AvgIpc) is 2.30. The maximum Gasteiger partial charge on any atom is 0.136 e. The Labute approximate surface area is 70.4 Å². The van der Waals surface area contributed by atoms with Crippen molar-refractivity contribution in [3.05, 3.63) is 11.9 Å². The maximum atomic E-state index is 5.68. The highest BCUT2D eigenvalue weighted by molar-refractivity contribution is 5.55. The van der Waals surface area contributed by atoms with Gasteiger partial charge in [0.2, 0.25) is 0 Å². The molecule has 0 atom stereocenters. The molecule has 4 N–H and O–H groups in total. The lowest BCUT2D eigenvalue weighted by Gasteiger charge is -2.06. The Balaban J connectivity index is 2.42. The first-order chi connectivity index (χ1) is 5.88. The van der Waals surface area contributed by atoms with Gasteiger partial charge in [-0.15, -0.1) is 0 Å². The molecule has 5 heteroatoms. The lowest BCUT2D eigenvalue weighted by Crippen LogP contribution is -2.17. The monoisotopic (exact) mass is 165 g/mol. The van der Waals surface area contributed by atoms with E-state index in [1.165, 1.54) is 6.33 Å². The molecule has 0 fully saturated rings. The van der Waals surface area contributed by atoms with Gasteiger partial charge in [0.25, 0.3) is 0 Å². The predicted octanol–water partition coefficient (Wildman–Crippen LogP) is -0.426. The summed E-state index contributed by atoms with van der Waals surface area (Å²) >= 11 is 0. The molecule has 0 saturated heterocycles. The molecule has 0 spiro atoms. The predicted molar refractivity (Wildman–Crippen MR) is 46.6 cm³/mol. The molecule has 1 aliphatic heterocycles. The highest BCUT2D eigenvalue weighted by atomic mass is 15.1. The average molecular weight is 165 g/mol. The van der Waals surface area contributed by atoms with E-state index in [4.69, 9.17) is 5.73 Å². The van der Waals surface area contributed by atoms with Crippen molar-refractivity contribution >= 4 is 11.6 Å². The summed E-state index contributed by atoms with van der Waals surface area (Å²) < 4.78 is 0. The normalized spacial score (nSPS) is 16.0. The van der Waals surface area contributed by atoms with E-state index in [2.05, 4.69) is 20.6 Å². The van der Waals surface area contributed by atoms with Crippen LogP contribution >= 0.6 is 0 Å². The van der Waals surface area contributed by atoms with Gasteiger partial charge in [-0.1, -0.05) is 0 Å². The summed E-state index contributed by atoms with van der Waals surface area (Å²) in [7, 11) is 0. The van der Waals surface area contributed by atoms with Gasteiger partial charge in [-0.2, -0.15) is 0 Å². The number of hydrogen-bond donors (Lipinski definition) is 3. The van der Waals surface area contributed by atoms with Crippen LogP contribution in [0.5, 0.6) is 0 Å². The molecule has 0 bridgehead atoms. The van der Waals surface area contributed by atoms with E-state index in [0.717, 1.165) is 31.0 Å². The molecule has 2 heterocycles. The molecule has 0 saturated carbocycles. The lowest BCUT2D eigenvalue weighted by atomic mass is 10.3. The number of nitrogens with two attached hydrogens (primary N) is 1. The van der Waals surface area contributed by atoms with Crippen LogP contribution in [-0.2, 0) is 6.54 Å². The van der Waals surface area contributed by atoms with E-state index in [-0.39, 0.29) is 0 Å². The van der Waals surface area contributed by atoms with Crippen LogP contribution in [0.1, 0.15) is 5.56 Å². The van der Waals surface area contributed by atoms with Gasteiger partial charge in [0.1, 0.15) is 18.0 Å². The minimum absolute atomic E-state index is 0.557. The van der Waals surface area contributed by atoms with Crippen molar-refractivity contribution in [2.45, 2.75) is 6.54 Å². The summed E-state index contributed by atoms with van der Waals surface area (Å²) in [5.74, 6) is 1.41. The smallest absolute Gasteiger partial charge is 0.136 e. The zero-order valence-electron chi connectivity index (χ0n) is 6.67. The summed E-state index contributed by atoms with van der Waals surface area (Å²) in [6.07, 6.45) is 1.48. The first-order valence-electron chi connectivity index (χ1n) is 3.92. The van der Waals surface area contributed by atoms with Crippen molar-refractivity contribution in [2.24, 2.45) is 0 Å². The fourth-order valence-corrected chi connectivity index (χ4v) is 1.24. The zero-order valence-corrected chi connectivity index (χ0v) is 6.67. The number of nitrogens with zero attached hydrogens (tertiary/aromatic N) is 2. The van der Waals surface area contributed by atoms with Crippen LogP contribution in [-0.4, -0.2) is 23.1 Å². The Morgan fingerprint density at radius 2 is 2.25 bits per heavy atom. The van der Waals surface area contributed by atoms with E-state index < -0.39 is 0 Å². The molecule has 2 rings (SSSR count). The van der Waals surface area contributed by atoms with E-state index in [9.17, 15) is 0 Å². The molecule has 0 unspecified atom stereocenters. The molecule has 0 aromatic carbocycles. The molecule has 1 aromatic heterocycles. The first-order valence-corrected chi connectivity index (χ1v) is 3.92. The second kappa shape index (κ2) is 2.94. The Hall–Kier alpha value is -1.36. The van der Waals surface area contributed by atoms with E-state index in [1.807, 2.05) is 0 Å². The summed E-state index contributed by atoms with van der Waals surface area (Å²) in [5.41, 5.74) is 6.65. The third-order valence-electron chi connectivity index (χ3n) is 1.87. The fraction of sp³-hybridized carbons (Fsp3) is 0.429. The molecule has 5 nitrogen and oxygen atoms in total. The summed E-state index contributed by atoms with van der Waals surface area (Å²) in [5, 5.41) is 6.39. The molecule has 0 aliphatic carbocycles. The van der Waals surface area contributed by atoms with Gasteiger partial charge >= 0.3 is 0 Å². The van der Waals surface area contributed by atoms with Gasteiger partial charge < -0.3 is 16.4 Å². The summed E-state index contributed by atoms with van der Waals surface area (Å²) in [6.45, 7) is 2.55. The number of rotatable bonds is 0. The molecule has 1 aromatic rings. The van der Waals surface area contributed by atoms with Crippen molar-refractivity contribution in [1.82, 2.24) is 15.3 Å². The molecular formula is C7H11N5. The van der Waals surface area contributed by atoms with Crippen molar-refractivity contribution in [3.63, 3.8) is 0 Å². The number of nitrogens with one attached hydrogen (secondary N) is 2. The molecule has 0 amide bonds. The summed E-state index contributed by atoms with van der Waals surface area (Å²) in [4.78, 5) is 8.02. The quantitative estimate of drug-likeness (QED) is 0.486. The van der Waals surface area contributed by atoms with Crippen LogP contribution in [0, 0.1) is 0 Å². The van der Waals surface area contributed by atoms with Gasteiger partial charge in [-0.25, -0.2) is 9.97 Å². The second-order valence-corrected chi connectivity index (χ2v) is 2.69. The van der Waals surface area contributed by atoms with Crippen LogP contribution < -0.4 is 16.4 Å². The fourth-order valence-electron chi connectivity index (χ4n) is 1.24. The number of nitrogen functional groups attached to an aromatic ring is 1. The van der Waals surface area contributed by atoms with Crippen molar-refractivity contribution in [2.75, 3.05) is 24.1 Å². The molecule has 64 valence electrons. The minimum atomic E-state index is 0.557. The first kappa shape index (κ1) is 7.30. The molecule has 0 radical (unpaired) electrons. The number of anilines is 2. The van der Waals surface area contributed by atoms with Crippen molar-refractivity contribution < 1.29 is 0 Å². The van der Waals surface area contributed by atoms with E-state index in [0.29, 0.717) is 5.82 Å². The summed E-state index contributed by atoms with van der Waals surface area (Å²) in [6, 6.07) is 0. The minimum Gasteiger partial charge on any atom is -0.383 e. The van der Waals surface area contributed by atoms with E-state index >= 15 is 0 Å². The Kier molecular flexibility index (Phi) is 1.79. The van der Waals surface area contributed by atoms with Crippen molar-refractivity contribution in [1.29, 1.82) is 0 Å². The van der Waals surface area contributed by atoms with Gasteiger partial charge in [-0.3, -0.25) is 0 Å². The largest absolute Gasteiger partial charge is 0.383 e. The molecule has 1 aliphatic rings. The van der Waals surface area contributed by atoms with Crippen LogP contribution in [0.2, 0.25) is 0 Å². The highest BCUT2D eigenvalue weighted by Gasteiger charge is 2.10. The maximum absolute atomic E-state index is 5.68. The SMILES string of the molecule is Nc1ncnc2c1CNCCN2. The van der Waals surface area contributed by atoms with Gasteiger partial charge in [0, 0.05) is 19.6 Å². The third-order valence-corrected chi connectivity index (χ3v) is 1.87. The highest BCUT2D eigenvalue weighted by Crippen LogP contribution is 2.17. The molecular weight excluding hydrogens is 154 g/mol. The standard InChI is InChI=1S/C7H11N5/c8-6-5-3-9-1-2-10-7(5)12-4-11-6/h4,9H,1-3H2,(H3,8,10,11,12). The van der Waals surface area contributed by atoms with Gasteiger partial charge in [-0.05, 0) is 0 Å². The topological polar surface area (TPSA) is 75.9 Å². The van der Waals surface area contributed by atoms with Gasteiger partial charge in [0.05, 0.1) is 5.56 Å². The zero-order chi connectivity index (χ0) is 8.39. The number of hydrogen-bond acceptors (Lipinski definition) is 5. The Bertz CT molecular complexity index is 285. The van der Waals surface area contributed by atoms with Gasteiger partial charge in [0.15, 0.2) is 0 Å². The van der Waals surface area contributed by atoms with Crippen LogP contribution in [0.25, 0.3) is 0 Å². The second-order valence-electron chi connectivity index (χ2n) is 2.69. The Morgan fingerprint density at radius 3 is 3.17 bits per heavy atom. The lowest BCUT2D eigenvalue weighted by molar-refractivity contribution is 0.725. The third kappa shape index (κ3) is 1.18. The van der Waals surface area contributed by atoms with Crippen LogP contribution in [0.15, 0.2) is 6.33 Å². The van der Waals surface area contributed by atoms with E-state index in [1.54, 1.807) is 0 Å². The molecule has 12 heavy (non-hydrogen) atoms. The van der Waals surface area contributed by atoms with Crippen LogP contribution in [0.4, 0.5) is 11.6 Å².